The molecule has 0 unspecified atom stereocenters. The minimum absolute atomic E-state index is 0.217. The molecule has 5 aromatic rings. The van der Waals surface area contributed by atoms with Crippen molar-refractivity contribution in [1.29, 1.82) is 0 Å². The Morgan fingerprint density at radius 1 is 0.587 bits per heavy atom. The maximum atomic E-state index is 12.9. The van der Waals surface area contributed by atoms with Crippen LogP contribution in [0.2, 0.25) is 0 Å². The average Bonchev–Trinajstić information content (AvgIpc) is 3.11. The van der Waals surface area contributed by atoms with E-state index in [0.29, 0.717) is 30.3 Å². The topological polar surface area (TPSA) is 454 Å². The van der Waals surface area contributed by atoms with Gasteiger partial charge in [0.1, 0.15) is 31.7 Å². The molecule has 0 radical (unpaired) electrons. The van der Waals surface area contributed by atoms with Crippen LogP contribution >= 0.6 is 0 Å². The van der Waals surface area contributed by atoms with Crippen molar-refractivity contribution in [2.75, 3.05) is 17.7 Å². The van der Waals surface area contributed by atoms with Gasteiger partial charge in [-0.15, -0.1) is 15.3 Å². The number of fused-ring (bicyclic) bond motifs is 2. The van der Waals surface area contributed by atoms with E-state index in [1.54, 1.807) is 0 Å². The summed E-state index contributed by atoms with van der Waals surface area (Å²) in [5, 5.41) is 47.7. The summed E-state index contributed by atoms with van der Waals surface area (Å²) in [4.78, 5) is 6.01. The zero-order valence-corrected chi connectivity index (χ0v) is 35.5. The zero-order chi connectivity index (χ0) is 47.4. The van der Waals surface area contributed by atoms with Crippen molar-refractivity contribution in [1.82, 2.24) is 0 Å². The molecule has 0 fully saturated rings. The van der Waals surface area contributed by atoms with E-state index in [4.69, 9.17) is 4.55 Å². The number of anilines is 1. The third-order valence-electron chi connectivity index (χ3n) is 8.10. The maximum absolute atomic E-state index is 12.9. The highest BCUT2D eigenvalue weighted by Gasteiger charge is 2.29. The Kier molecular flexibility index (Phi) is 12.8. The predicted molar refractivity (Wildman–Crippen MR) is 211 cm³/mol. The van der Waals surface area contributed by atoms with Crippen LogP contribution < -0.4 is 5.32 Å². The first-order chi connectivity index (χ1) is 28.7. The molecule has 0 atom stereocenters. The van der Waals surface area contributed by atoms with Gasteiger partial charge < -0.3 is 20.6 Å². The van der Waals surface area contributed by atoms with Gasteiger partial charge in [-0.25, -0.2) is 12.6 Å². The van der Waals surface area contributed by atoms with Crippen LogP contribution in [0.25, 0.3) is 21.5 Å². The first kappa shape index (κ1) is 48.2. The molecule has 33 heteroatoms. The standard InChI is InChI=1S/C30H25N5O22S6/c1-13(36)31-20-11-18(59(42,43)44)7-15-9-23(61(48,49)50)27(30(39)25(15)20)34-32-16-2-3-19-14(6-16)8-22(60(45,46)47)26(28(19)37)35-33-21-10-17(12-24(29(21)38)62(51,52)53)58(40,41)5-4-57-63(54,55)56/h2-3,6-12,37-39H,4-5H2,1H3,(H,31,36)(H,42,43,44)(H,45,46,47)(H,48,49,50)(H,51,52,53)(H,54,55,56). The molecule has 63 heavy (non-hydrogen) atoms. The van der Waals surface area contributed by atoms with Gasteiger partial charge >= 0.3 is 10.4 Å². The summed E-state index contributed by atoms with van der Waals surface area (Å²) >= 11 is 0. The van der Waals surface area contributed by atoms with Gasteiger partial charge in [0.2, 0.25) is 5.91 Å². The Balaban J connectivity index is 1.66. The molecule has 0 aliphatic rings. The third-order valence-corrected chi connectivity index (χ3v) is 13.7. The summed E-state index contributed by atoms with van der Waals surface area (Å²) in [6.45, 7) is -0.235. The molecule has 0 aromatic heterocycles. The van der Waals surface area contributed by atoms with E-state index in [0.717, 1.165) is 25.1 Å². The molecule has 0 aliphatic carbocycles. The second-order valence-electron chi connectivity index (χ2n) is 12.5. The second kappa shape index (κ2) is 16.7. The van der Waals surface area contributed by atoms with E-state index in [1.807, 2.05) is 0 Å². The van der Waals surface area contributed by atoms with Gasteiger partial charge in [-0.1, -0.05) is 0 Å². The van der Waals surface area contributed by atoms with Crippen LogP contribution in [0.1, 0.15) is 6.92 Å². The Labute approximate surface area is 353 Å². The van der Waals surface area contributed by atoms with Crippen LogP contribution in [0.4, 0.5) is 28.4 Å². The summed E-state index contributed by atoms with van der Waals surface area (Å²) in [6, 6.07) is 6.26. The van der Waals surface area contributed by atoms with Gasteiger partial charge in [-0.05, 0) is 65.4 Å². The Bertz CT molecular complexity index is 3560. The summed E-state index contributed by atoms with van der Waals surface area (Å²) in [6.07, 6.45) is 0. The molecule has 5 aromatic carbocycles. The number of hydrogen-bond donors (Lipinski definition) is 9. The van der Waals surface area contributed by atoms with Crippen LogP contribution in [0.3, 0.4) is 0 Å². The van der Waals surface area contributed by atoms with Gasteiger partial charge in [0.25, 0.3) is 40.5 Å². The lowest BCUT2D eigenvalue weighted by atomic mass is 10.1. The predicted octanol–water partition coefficient (Wildman–Crippen LogP) is 3.48. The molecule has 0 saturated carbocycles. The number of nitrogens with one attached hydrogen (secondary N) is 1. The normalized spacial score (nSPS) is 13.4. The molecule has 5 rings (SSSR count). The monoisotopic (exact) mass is 999 g/mol. The number of hydrogen-bond acceptors (Lipinski definition) is 21. The quantitative estimate of drug-likeness (QED) is 0.0568. The van der Waals surface area contributed by atoms with E-state index in [-0.39, 0.29) is 22.5 Å². The number of nitrogens with zero attached hydrogens (tertiary/aromatic N) is 4. The number of amides is 1. The lowest BCUT2D eigenvalue weighted by molar-refractivity contribution is -0.114. The largest absolute Gasteiger partial charge is 0.505 e. The fourth-order valence-corrected chi connectivity index (χ4v) is 9.57. The molecular weight excluding hydrogens is 975 g/mol. The highest BCUT2D eigenvalue weighted by atomic mass is 32.3. The first-order valence-corrected chi connectivity index (χ1v) is 24.8. The average molecular weight is 1000 g/mol. The second-order valence-corrected chi connectivity index (χ2v) is 21.2. The van der Waals surface area contributed by atoms with Crippen LogP contribution in [-0.2, 0) is 69.7 Å². The third kappa shape index (κ3) is 10.9. The highest BCUT2D eigenvalue weighted by Crippen LogP contribution is 2.47. The number of carbonyl (C=O) groups is 1. The van der Waals surface area contributed by atoms with Crippen LogP contribution in [0.15, 0.2) is 99.5 Å². The molecule has 338 valence electrons. The molecule has 0 saturated heterocycles. The Hall–Kier alpha value is -5.85. The molecular formula is C30H25N5O22S6. The number of carbonyl (C=O) groups excluding carboxylic acids is 1. The SMILES string of the molecule is CC(=O)Nc1cc(S(=O)(=O)O)cc2cc(S(=O)(=O)O)c(N=Nc3ccc4c(O)c(N=Nc5cc(S(=O)(=O)CCOS(=O)(=O)O)cc(S(=O)(=O)O)c5O)c(S(=O)(=O)O)cc4c3)c(O)c12. The molecule has 27 nitrogen and oxygen atoms in total. The van der Waals surface area contributed by atoms with Gasteiger partial charge in [0, 0.05) is 17.7 Å². The Morgan fingerprint density at radius 3 is 1.68 bits per heavy atom. The van der Waals surface area contributed by atoms with E-state index in [1.165, 1.54) is 0 Å². The number of benzene rings is 5. The maximum Gasteiger partial charge on any atom is 0.397 e. The Morgan fingerprint density at radius 2 is 1.14 bits per heavy atom. The van der Waals surface area contributed by atoms with Crippen molar-refractivity contribution in [3.8, 4) is 17.2 Å². The molecule has 9 N–H and O–H groups in total. The van der Waals surface area contributed by atoms with Crippen molar-refractivity contribution >= 4 is 117 Å². The van der Waals surface area contributed by atoms with Crippen LogP contribution in [-0.4, -0.2) is 107 Å². The summed E-state index contributed by atoms with van der Waals surface area (Å²) in [7, 11) is -31.2. The van der Waals surface area contributed by atoms with Crippen molar-refractivity contribution < 1.29 is 97.6 Å². The van der Waals surface area contributed by atoms with Crippen molar-refractivity contribution in [3.63, 3.8) is 0 Å². The lowest BCUT2D eigenvalue weighted by Crippen LogP contribution is -2.16. The fraction of sp³-hybridized carbons (Fsp3) is 0.100. The number of sulfone groups is 1. The lowest BCUT2D eigenvalue weighted by Gasteiger charge is -2.14. The van der Waals surface area contributed by atoms with E-state index in [2.05, 4.69) is 30.0 Å². The first-order valence-electron chi connectivity index (χ1n) is 16.0. The number of phenols is 3. The number of aromatic hydroxyl groups is 3. The molecule has 0 spiro atoms. The minimum Gasteiger partial charge on any atom is -0.505 e. The van der Waals surface area contributed by atoms with Gasteiger partial charge in [0.15, 0.2) is 27.1 Å². The summed E-state index contributed by atoms with van der Waals surface area (Å²) < 4.78 is 197. The van der Waals surface area contributed by atoms with Gasteiger partial charge in [0.05, 0.1) is 33.5 Å². The van der Waals surface area contributed by atoms with E-state index < -0.39 is 154 Å². The molecule has 0 heterocycles. The number of rotatable bonds is 14. The van der Waals surface area contributed by atoms with E-state index >= 15 is 0 Å². The summed E-state index contributed by atoms with van der Waals surface area (Å²) in [5.41, 5.74) is -4.10. The van der Waals surface area contributed by atoms with E-state index in [9.17, 15) is 88.8 Å². The minimum atomic E-state index is -5.48. The number of azo groups is 2. The van der Waals surface area contributed by atoms with Gasteiger partial charge in [-0.2, -0.15) is 47.2 Å². The fourth-order valence-electron chi connectivity index (χ4n) is 5.48. The molecule has 1 amide bonds. The van der Waals surface area contributed by atoms with Crippen molar-refractivity contribution in [2.24, 2.45) is 20.5 Å². The molecule has 0 bridgehead atoms. The molecule has 0 aliphatic heterocycles. The summed E-state index contributed by atoms with van der Waals surface area (Å²) in [5.74, 6) is -5.80. The zero-order valence-electron chi connectivity index (χ0n) is 30.6. The van der Waals surface area contributed by atoms with Crippen LogP contribution in [0, 0.1) is 0 Å². The van der Waals surface area contributed by atoms with Crippen molar-refractivity contribution in [3.05, 3.63) is 54.6 Å². The van der Waals surface area contributed by atoms with Crippen molar-refractivity contribution in [2.45, 2.75) is 31.4 Å². The van der Waals surface area contributed by atoms with Gasteiger partial charge in [-0.3, -0.25) is 27.6 Å². The highest BCUT2D eigenvalue weighted by molar-refractivity contribution is 7.91. The smallest absolute Gasteiger partial charge is 0.397 e. The van der Waals surface area contributed by atoms with Crippen LogP contribution in [0.5, 0.6) is 17.2 Å². The number of phenolic OH excluding ortho intramolecular Hbond substituents is 3.